The predicted octanol–water partition coefficient (Wildman–Crippen LogP) is 8.41. The molecule has 6 aromatic rings. The summed E-state index contributed by atoms with van der Waals surface area (Å²) in [4.78, 5) is 43.6. The summed E-state index contributed by atoms with van der Waals surface area (Å²) in [7, 11) is 4.67. The number of rotatable bonds is 9. The van der Waals surface area contributed by atoms with E-state index in [4.69, 9.17) is 37.7 Å². The molecular weight excluding hydrogens is 794 g/mol. The third kappa shape index (κ3) is 6.59. The van der Waals surface area contributed by atoms with Gasteiger partial charge in [0.2, 0.25) is 5.88 Å². The Labute approximate surface area is 349 Å². The molecule has 3 saturated heterocycles. The van der Waals surface area contributed by atoms with E-state index in [1.54, 1.807) is 67.8 Å². The second-order valence-corrected chi connectivity index (χ2v) is 16.2. The van der Waals surface area contributed by atoms with Gasteiger partial charge in [-0.2, -0.15) is 5.26 Å². The number of nitrogens with zero attached hydrogens (tertiary/aromatic N) is 7. The number of nitriles is 1. The number of carbonyl (C=O) groups is 2. The molecule has 0 radical (unpaired) electrons. The van der Waals surface area contributed by atoms with E-state index in [1.807, 2.05) is 24.3 Å². The Kier molecular flexibility index (Phi) is 10.1. The zero-order valence-electron chi connectivity index (χ0n) is 32.5. The van der Waals surface area contributed by atoms with Gasteiger partial charge in [0.15, 0.2) is 5.82 Å². The van der Waals surface area contributed by atoms with Crippen LogP contribution in [0.3, 0.4) is 0 Å². The van der Waals surface area contributed by atoms with Crippen LogP contribution in [0.15, 0.2) is 73.1 Å². The van der Waals surface area contributed by atoms with Crippen LogP contribution in [0, 0.1) is 23.1 Å². The predicted molar refractivity (Wildman–Crippen MR) is 222 cm³/mol. The molecule has 2 bridgehead atoms. The van der Waals surface area contributed by atoms with Crippen LogP contribution in [0.2, 0.25) is 10.0 Å². The van der Waals surface area contributed by atoms with E-state index in [9.17, 15) is 14.9 Å². The number of carbonyl (C=O) groups excluding carboxylic acids is 2. The van der Waals surface area contributed by atoms with Gasteiger partial charge in [0, 0.05) is 91.1 Å². The van der Waals surface area contributed by atoms with Crippen molar-refractivity contribution in [1.29, 1.82) is 5.26 Å². The highest BCUT2D eigenvalue weighted by Gasteiger charge is 2.51. The van der Waals surface area contributed by atoms with E-state index in [2.05, 4.69) is 25.9 Å². The molecule has 1 aliphatic carbocycles. The Morgan fingerprint density at radius 1 is 1.07 bits per heavy atom. The molecule has 59 heavy (non-hydrogen) atoms. The molecule has 4 fully saturated rings. The molecule has 1 saturated carbocycles. The molecule has 300 valence electrons. The Bertz CT molecular complexity index is 2670. The number of halogens is 3. The average Bonchev–Trinajstić information content (AvgIpc) is 4.06. The Balaban J connectivity index is 1.34. The minimum Gasteiger partial charge on any atom is -0.472 e. The Morgan fingerprint density at radius 2 is 1.92 bits per heavy atom. The lowest BCUT2D eigenvalue weighted by molar-refractivity contribution is 0.0822. The first-order chi connectivity index (χ1) is 28.6. The largest absolute Gasteiger partial charge is 0.472 e. The number of pyridine rings is 3. The summed E-state index contributed by atoms with van der Waals surface area (Å²) in [5.41, 5.74) is 4.08. The molecular formula is C44H39Cl2FN8O4. The van der Waals surface area contributed by atoms with E-state index >= 15 is 4.39 Å². The van der Waals surface area contributed by atoms with Crippen molar-refractivity contribution >= 4 is 57.0 Å². The number of aromatic nitrogens is 4. The standard InChI is InChI=1S/C44H39Cl2FN8O4/c1-53(2)43(56)31-13-12-24(20-50-31)39-29-19-34(33-18-26(22-54(33)44(57)58-3)59-35-11-4-5-15-49-35)55(41-25-17-32(41)51-21-25)42(29)28-16-23(8-7-14-48)36(38(47)40(28)52-39)27-9-6-10-30(45)37(27)46/h4-6,9-13,15-16,19-20,25-26,32-33,41,51H,7-8,17-18,21-22H2,1-3H3/t25-,26+,32-,33-,41+/m1/s1. The quantitative estimate of drug-likeness (QED) is 0.152. The molecule has 7 heterocycles. The number of likely N-dealkylation sites (tertiary alicyclic amines) is 1. The van der Waals surface area contributed by atoms with Gasteiger partial charge >= 0.3 is 6.09 Å². The van der Waals surface area contributed by atoms with E-state index in [1.165, 1.54) is 12.0 Å². The molecule has 0 unspecified atom stereocenters. The van der Waals surface area contributed by atoms with Gasteiger partial charge in [-0.05, 0) is 60.7 Å². The van der Waals surface area contributed by atoms with Crippen molar-refractivity contribution in [2.24, 2.45) is 5.92 Å². The number of nitrogens with one attached hydrogen (secondary N) is 1. The van der Waals surface area contributed by atoms with Crippen molar-refractivity contribution in [3.8, 4) is 34.3 Å². The molecule has 4 aliphatic rings. The van der Waals surface area contributed by atoms with Crippen molar-refractivity contribution in [1.82, 2.24) is 34.6 Å². The molecule has 4 aromatic heterocycles. The van der Waals surface area contributed by atoms with Gasteiger partial charge in [-0.3, -0.25) is 14.7 Å². The highest BCUT2D eigenvalue weighted by atomic mass is 35.5. The maximum atomic E-state index is 17.8. The number of hydrogen-bond donors (Lipinski definition) is 1. The summed E-state index contributed by atoms with van der Waals surface area (Å²) < 4.78 is 31.8. The Morgan fingerprint density at radius 3 is 2.59 bits per heavy atom. The summed E-state index contributed by atoms with van der Waals surface area (Å²) in [6.45, 7) is 1.06. The van der Waals surface area contributed by atoms with Crippen LogP contribution < -0.4 is 10.1 Å². The van der Waals surface area contributed by atoms with E-state index in [-0.39, 0.29) is 70.1 Å². The first-order valence-electron chi connectivity index (χ1n) is 19.4. The van der Waals surface area contributed by atoms with Gasteiger partial charge in [-0.1, -0.05) is 41.4 Å². The number of fused-ring (bicyclic) bond motifs is 4. The van der Waals surface area contributed by atoms with Crippen molar-refractivity contribution in [3.63, 3.8) is 0 Å². The van der Waals surface area contributed by atoms with Gasteiger partial charge in [-0.25, -0.2) is 19.2 Å². The van der Waals surface area contributed by atoms with E-state index in [0.29, 0.717) is 45.5 Å². The lowest BCUT2D eigenvalue weighted by Crippen LogP contribution is -2.41. The molecule has 12 nitrogen and oxygen atoms in total. The summed E-state index contributed by atoms with van der Waals surface area (Å²) >= 11 is 13.3. The van der Waals surface area contributed by atoms with Gasteiger partial charge in [0.25, 0.3) is 5.91 Å². The number of aryl methyl sites for hydroxylation is 1. The van der Waals surface area contributed by atoms with Crippen LogP contribution in [0.25, 0.3) is 44.2 Å². The summed E-state index contributed by atoms with van der Waals surface area (Å²) in [6, 6.07) is 19.7. The zero-order valence-corrected chi connectivity index (χ0v) is 34.0. The van der Waals surface area contributed by atoms with Gasteiger partial charge in [-0.15, -0.1) is 0 Å². The minimum absolute atomic E-state index is 0.0258. The van der Waals surface area contributed by atoms with Crippen molar-refractivity contribution < 1.29 is 23.5 Å². The molecule has 2 aromatic carbocycles. The summed E-state index contributed by atoms with van der Waals surface area (Å²) in [5, 5.41) is 15.1. The average molecular weight is 834 g/mol. The highest BCUT2D eigenvalue weighted by molar-refractivity contribution is 6.43. The lowest BCUT2D eigenvalue weighted by atomic mass is 9.79. The summed E-state index contributed by atoms with van der Waals surface area (Å²) in [6.07, 6.45) is 4.10. The minimum atomic E-state index is -0.611. The van der Waals surface area contributed by atoms with Crippen LogP contribution in [-0.2, 0) is 11.2 Å². The molecule has 2 amide bonds. The van der Waals surface area contributed by atoms with Crippen molar-refractivity contribution in [2.45, 2.75) is 49.9 Å². The second kappa shape index (κ2) is 15.4. The number of hydrogen-bond acceptors (Lipinski definition) is 9. The highest BCUT2D eigenvalue weighted by Crippen LogP contribution is 2.51. The topological polar surface area (TPSA) is 138 Å². The van der Waals surface area contributed by atoms with E-state index in [0.717, 1.165) is 24.2 Å². The summed E-state index contributed by atoms with van der Waals surface area (Å²) in [5.74, 6) is -0.151. The SMILES string of the molecule is COC(=O)N1C[C@@H](Oc2ccccn2)C[C@@H]1c1cc2c(-c3ccc(C(=O)N(C)C)nc3)nc3c(F)c(-c4cccc(Cl)c4Cl)c(CCC#N)cc3c2n1[C@H]1[C@H]2CN[C@@H]1C2. The monoisotopic (exact) mass is 832 g/mol. The molecule has 15 heteroatoms. The van der Waals surface area contributed by atoms with Crippen LogP contribution in [0.1, 0.15) is 53.1 Å². The van der Waals surface area contributed by atoms with Gasteiger partial charge in [0.05, 0.1) is 53.1 Å². The number of benzene rings is 2. The molecule has 5 atom stereocenters. The molecule has 0 spiro atoms. The Hall–Kier alpha value is -5.81. The second-order valence-electron chi connectivity index (χ2n) is 15.5. The van der Waals surface area contributed by atoms with Crippen LogP contribution in [0.4, 0.5) is 9.18 Å². The molecule has 10 rings (SSSR count). The maximum absolute atomic E-state index is 17.8. The van der Waals surface area contributed by atoms with E-state index < -0.39 is 24.1 Å². The van der Waals surface area contributed by atoms with Crippen LogP contribution in [0.5, 0.6) is 5.88 Å². The zero-order chi connectivity index (χ0) is 41.1. The molecule has 3 aliphatic heterocycles. The third-order valence-electron chi connectivity index (χ3n) is 11.8. The molecule has 1 N–H and O–H groups in total. The number of amides is 2. The fraction of sp³-hybridized carbons (Fsp3) is 0.318. The van der Waals surface area contributed by atoms with Crippen molar-refractivity contribution in [3.05, 3.63) is 106 Å². The van der Waals surface area contributed by atoms with Crippen LogP contribution in [-0.4, -0.2) is 87.8 Å². The maximum Gasteiger partial charge on any atom is 0.410 e. The van der Waals surface area contributed by atoms with Crippen molar-refractivity contribution in [2.75, 3.05) is 34.3 Å². The number of methoxy groups -OCH3 is 1. The van der Waals surface area contributed by atoms with Crippen LogP contribution >= 0.6 is 23.2 Å². The third-order valence-corrected chi connectivity index (χ3v) is 12.7. The normalized spacial score (nSPS) is 20.8. The number of ether oxygens (including phenoxy) is 2. The lowest BCUT2D eigenvalue weighted by Gasteiger charge is -2.39. The first kappa shape index (κ1) is 38.7. The van der Waals surface area contributed by atoms with Gasteiger partial charge in [0.1, 0.15) is 17.3 Å². The first-order valence-corrected chi connectivity index (χ1v) is 20.2. The smallest absolute Gasteiger partial charge is 0.410 e. The fourth-order valence-electron chi connectivity index (χ4n) is 9.13. The fourth-order valence-corrected chi connectivity index (χ4v) is 9.52. The van der Waals surface area contributed by atoms with Gasteiger partial charge < -0.3 is 24.3 Å².